The molecule has 0 radical (unpaired) electrons. The number of aliphatic hydroxyl groups is 1. The molecule has 8 nitrogen and oxygen atoms in total. The quantitative estimate of drug-likeness (QED) is 0.366. The average molecular weight is 590 g/mol. The molecular formula is C26H32F5N5O3S. The zero-order valence-electron chi connectivity index (χ0n) is 22.7. The number of carbonyl (C=O) groups is 2. The Morgan fingerprint density at radius 1 is 1.20 bits per heavy atom. The summed E-state index contributed by atoms with van der Waals surface area (Å²) in [5.74, 6) is -4.74. The number of aromatic nitrogens is 2. The molecule has 1 atom stereocenters. The Kier molecular flexibility index (Phi) is 7.67. The topological polar surface area (TPSA) is 107 Å². The Bertz CT molecular complexity index is 1300. The van der Waals surface area contributed by atoms with Crippen molar-refractivity contribution in [2.24, 2.45) is 5.92 Å². The number of amides is 2. The number of alkyl halides is 5. The summed E-state index contributed by atoms with van der Waals surface area (Å²) in [4.78, 5) is 35.0. The lowest BCUT2D eigenvalue weighted by atomic mass is 9.98. The molecule has 1 saturated carbocycles. The Balaban J connectivity index is 1.79. The molecular weight excluding hydrogens is 557 g/mol. The molecule has 0 unspecified atom stereocenters. The number of likely N-dealkylation sites (tertiary alicyclic amines) is 1. The highest BCUT2D eigenvalue weighted by molar-refractivity contribution is 7.17. The van der Waals surface area contributed by atoms with Gasteiger partial charge in [0.25, 0.3) is 17.7 Å². The second-order valence-electron chi connectivity index (χ2n) is 11.8. The monoisotopic (exact) mass is 589 g/mol. The van der Waals surface area contributed by atoms with Gasteiger partial charge in [0.05, 0.1) is 22.6 Å². The van der Waals surface area contributed by atoms with Gasteiger partial charge in [-0.05, 0) is 59.4 Å². The summed E-state index contributed by atoms with van der Waals surface area (Å²) in [7, 11) is 0. The fourth-order valence-corrected chi connectivity index (χ4v) is 5.71. The third-order valence-corrected chi connectivity index (χ3v) is 8.08. The summed E-state index contributed by atoms with van der Waals surface area (Å²) in [5.41, 5.74) is -3.95. The van der Waals surface area contributed by atoms with Crippen LogP contribution in [-0.4, -0.2) is 68.0 Å². The number of nitrogens with one attached hydrogen (secondary N) is 2. The molecule has 1 aliphatic carbocycles. The lowest BCUT2D eigenvalue weighted by Crippen LogP contribution is -2.38. The van der Waals surface area contributed by atoms with Crippen LogP contribution in [0.25, 0.3) is 10.4 Å². The largest absolute Gasteiger partial charge is 0.417 e. The van der Waals surface area contributed by atoms with Gasteiger partial charge in [0.2, 0.25) is 0 Å². The van der Waals surface area contributed by atoms with Gasteiger partial charge in [-0.1, -0.05) is 0 Å². The standard InChI is InChI=1S/C26H32F5N5O3S/c1-13-9-25(27,28)12-36(13)22(38)18-19(40-21(34-18)20(37)33-11-23(2,3)39)15-10-32-17(8-16(15)26(29,30)31)35-24(4,5)14-6-7-14/h8,10,13-14,39H,6-7,9,11-12H2,1-5H3,(H,32,35)(H,33,37)/t13-/m0/s1. The van der Waals surface area contributed by atoms with E-state index in [2.05, 4.69) is 20.6 Å². The van der Waals surface area contributed by atoms with Crippen LogP contribution < -0.4 is 10.6 Å². The highest BCUT2D eigenvalue weighted by Crippen LogP contribution is 2.44. The van der Waals surface area contributed by atoms with Crippen LogP contribution in [0.4, 0.5) is 27.8 Å². The summed E-state index contributed by atoms with van der Waals surface area (Å²) in [5, 5.41) is 15.1. The van der Waals surface area contributed by atoms with Crippen LogP contribution >= 0.6 is 11.3 Å². The fourth-order valence-electron chi connectivity index (χ4n) is 4.71. The van der Waals surface area contributed by atoms with Crippen molar-refractivity contribution < 1.29 is 36.6 Å². The molecule has 3 N–H and O–H groups in total. The number of pyridine rings is 1. The van der Waals surface area contributed by atoms with Crippen LogP contribution in [0.15, 0.2) is 12.3 Å². The average Bonchev–Trinajstić information content (AvgIpc) is 3.53. The Labute approximate surface area is 232 Å². The Morgan fingerprint density at radius 3 is 2.38 bits per heavy atom. The molecule has 1 aliphatic heterocycles. The summed E-state index contributed by atoms with van der Waals surface area (Å²) in [6.45, 7) is 6.90. The van der Waals surface area contributed by atoms with E-state index in [0.29, 0.717) is 17.3 Å². The lowest BCUT2D eigenvalue weighted by Gasteiger charge is -2.27. The van der Waals surface area contributed by atoms with Crippen LogP contribution in [0.5, 0.6) is 0 Å². The third-order valence-electron chi connectivity index (χ3n) is 7.00. The summed E-state index contributed by atoms with van der Waals surface area (Å²) >= 11 is 0.524. The van der Waals surface area contributed by atoms with Gasteiger partial charge < -0.3 is 20.6 Å². The minimum atomic E-state index is -4.87. The minimum absolute atomic E-state index is 0.0127. The molecule has 3 heterocycles. The van der Waals surface area contributed by atoms with Gasteiger partial charge in [-0.25, -0.2) is 18.7 Å². The Morgan fingerprint density at radius 2 is 1.85 bits per heavy atom. The predicted octanol–water partition coefficient (Wildman–Crippen LogP) is 5.19. The molecule has 220 valence electrons. The molecule has 0 spiro atoms. The first kappa shape index (κ1) is 30.1. The van der Waals surface area contributed by atoms with E-state index < -0.39 is 70.9 Å². The molecule has 2 fully saturated rings. The van der Waals surface area contributed by atoms with Crippen molar-refractivity contribution in [3.63, 3.8) is 0 Å². The van der Waals surface area contributed by atoms with Crippen molar-refractivity contribution in [3.05, 3.63) is 28.5 Å². The zero-order valence-corrected chi connectivity index (χ0v) is 23.6. The molecule has 0 aromatic carbocycles. The van der Waals surface area contributed by atoms with E-state index in [9.17, 15) is 36.6 Å². The van der Waals surface area contributed by atoms with Crippen LogP contribution in [-0.2, 0) is 6.18 Å². The van der Waals surface area contributed by atoms with E-state index in [-0.39, 0.29) is 22.2 Å². The predicted molar refractivity (Wildman–Crippen MR) is 139 cm³/mol. The van der Waals surface area contributed by atoms with E-state index in [1.807, 2.05) is 13.8 Å². The van der Waals surface area contributed by atoms with Crippen molar-refractivity contribution in [3.8, 4) is 10.4 Å². The SMILES string of the molecule is C[C@H]1CC(F)(F)CN1C(=O)c1nc(C(=O)NCC(C)(C)O)sc1-c1cnc(NC(C)(C)C2CC2)cc1C(F)(F)F. The molecule has 4 rings (SSSR count). The van der Waals surface area contributed by atoms with Crippen molar-refractivity contribution in [1.82, 2.24) is 20.2 Å². The molecule has 2 amide bonds. The number of carbonyl (C=O) groups excluding carboxylic acids is 2. The number of halogens is 5. The number of nitrogens with zero attached hydrogens (tertiary/aromatic N) is 3. The lowest BCUT2D eigenvalue weighted by molar-refractivity contribution is -0.137. The molecule has 2 aromatic rings. The molecule has 1 saturated heterocycles. The van der Waals surface area contributed by atoms with E-state index in [4.69, 9.17) is 0 Å². The second kappa shape index (κ2) is 10.2. The number of hydrogen-bond acceptors (Lipinski definition) is 7. The van der Waals surface area contributed by atoms with Crippen LogP contribution in [0.2, 0.25) is 0 Å². The summed E-state index contributed by atoms with van der Waals surface area (Å²) < 4.78 is 71.3. The van der Waals surface area contributed by atoms with E-state index >= 15 is 0 Å². The third kappa shape index (κ3) is 6.70. The molecule has 0 bridgehead atoms. The fraction of sp³-hybridized carbons (Fsp3) is 0.615. The molecule has 2 aromatic heterocycles. The van der Waals surface area contributed by atoms with Crippen molar-refractivity contribution in [2.75, 3.05) is 18.4 Å². The highest BCUT2D eigenvalue weighted by Gasteiger charge is 2.47. The minimum Gasteiger partial charge on any atom is -0.389 e. The number of hydrogen-bond donors (Lipinski definition) is 3. The number of thiazole rings is 1. The van der Waals surface area contributed by atoms with Gasteiger partial charge in [-0.3, -0.25) is 9.59 Å². The smallest absolute Gasteiger partial charge is 0.389 e. The van der Waals surface area contributed by atoms with Crippen LogP contribution in [0.1, 0.15) is 79.7 Å². The van der Waals surface area contributed by atoms with Crippen molar-refractivity contribution in [2.45, 2.75) is 83.2 Å². The highest BCUT2D eigenvalue weighted by atomic mass is 32.1. The first-order valence-electron chi connectivity index (χ1n) is 12.8. The van der Waals surface area contributed by atoms with Gasteiger partial charge >= 0.3 is 6.18 Å². The normalized spacial score (nSPS) is 19.6. The van der Waals surface area contributed by atoms with E-state index in [1.165, 1.54) is 20.8 Å². The summed E-state index contributed by atoms with van der Waals surface area (Å²) in [6.07, 6.45) is -2.63. The van der Waals surface area contributed by atoms with Gasteiger partial charge in [-0.2, -0.15) is 13.2 Å². The van der Waals surface area contributed by atoms with Crippen LogP contribution in [0.3, 0.4) is 0 Å². The maximum Gasteiger partial charge on any atom is 0.417 e. The van der Waals surface area contributed by atoms with Crippen LogP contribution in [0, 0.1) is 5.92 Å². The molecule has 14 heteroatoms. The van der Waals surface area contributed by atoms with Gasteiger partial charge in [0.15, 0.2) is 5.01 Å². The maximum absolute atomic E-state index is 14.4. The van der Waals surface area contributed by atoms with E-state index in [0.717, 1.165) is 30.0 Å². The summed E-state index contributed by atoms with van der Waals surface area (Å²) in [6, 6.07) is -0.0605. The first-order chi connectivity index (χ1) is 18.3. The Hall–Kier alpha value is -2.87. The van der Waals surface area contributed by atoms with Gasteiger partial charge in [0.1, 0.15) is 11.5 Å². The molecule has 40 heavy (non-hydrogen) atoms. The van der Waals surface area contributed by atoms with Crippen molar-refractivity contribution in [1.29, 1.82) is 0 Å². The zero-order chi connectivity index (χ0) is 29.8. The molecule has 2 aliphatic rings. The first-order valence-corrected chi connectivity index (χ1v) is 13.6. The maximum atomic E-state index is 14.4. The van der Waals surface area contributed by atoms with Gasteiger partial charge in [-0.15, -0.1) is 11.3 Å². The second-order valence-corrected chi connectivity index (χ2v) is 12.8. The van der Waals surface area contributed by atoms with Crippen molar-refractivity contribution >= 4 is 29.0 Å². The number of rotatable bonds is 8. The van der Waals surface area contributed by atoms with E-state index in [1.54, 1.807) is 0 Å². The number of anilines is 1. The van der Waals surface area contributed by atoms with Gasteiger partial charge in [0, 0.05) is 36.3 Å².